The Morgan fingerprint density at radius 2 is 2.05 bits per heavy atom. The molecule has 3 rings (SSSR count). The van der Waals surface area contributed by atoms with Gasteiger partial charge in [0.05, 0.1) is 18.5 Å². The van der Waals surface area contributed by atoms with Gasteiger partial charge in [-0.25, -0.2) is 0 Å². The molecule has 1 aromatic carbocycles. The Bertz CT molecular complexity index is 449. The van der Waals surface area contributed by atoms with E-state index in [4.69, 9.17) is 10.5 Å². The smallest absolute Gasteiger partial charge is 0.121 e. The predicted molar refractivity (Wildman–Crippen MR) is 78.8 cm³/mol. The fraction of sp³-hybridized carbons (Fsp3) is 0.600. The summed E-state index contributed by atoms with van der Waals surface area (Å²) in [6.45, 7) is 4.68. The molecule has 0 aliphatic carbocycles. The lowest BCUT2D eigenvalue weighted by atomic mass is 10.1. The number of benzene rings is 1. The highest BCUT2D eigenvalue weighted by Crippen LogP contribution is 2.31. The zero-order chi connectivity index (χ0) is 13.2. The number of nitrogens with two attached hydrogens (primary N) is 1. The average Bonchev–Trinajstić information content (AvgIpc) is 2.77. The first kappa shape index (κ1) is 12.6. The van der Waals surface area contributed by atoms with Gasteiger partial charge in [0.2, 0.25) is 0 Å². The van der Waals surface area contributed by atoms with Crippen LogP contribution in [0.4, 0.5) is 11.4 Å². The molecule has 2 heterocycles. The first-order chi connectivity index (χ1) is 9.28. The summed E-state index contributed by atoms with van der Waals surface area (Å²) in [5, 5.41) is 0. The highest BCUT2D eigenvalue weighted by Gasteiger charge is 2.29. The summed E-state index contributed by atoms with van der Waals surface area (Å²) in [5.41, 5.74) is 8.14. The fourth-order valence-corrected chi connectivity index (χ4v) is 3.35. The van der Waals surface area contributed by atoms with E-state index >= 15 is 0 Å². The van der Waals surface area contributed by atoms with Gasteiger partial charge in [-0.3, -0.25) is 4.90 Å². The SMILES string of the molecule is COc1ccc(N)c(N2CCCN3CCCC3C2)c1. The van der Waals surface area contributed by atoms with Crippen LogP contribution in [0.15, 0.2) is 18.2 Å². The van der Waals surface area contributed by atoms with Crippen LogP contribution in [0.25, 0.3) is 0 Å². The third kappa shape index (κ3) is 2.50. The van der Waals surface area contributed by atoms with Gasteiger partial charge in [0, 0.05) is 31.7 Å². The number of methoxy groups -OCH3 is 1. The van der Waals surface area contributed by atoms with Gasteiger partial charge >= 0.3 is 0 Å². The lowest BCUT2D eigenvalue weighted by Gasteiger charge is -2.28. The average molecular weight is 261 g/mol. The molecule has 4 heteroatoms. The van der Waals surface area contributed by atoms with Gasteiger partial charge in [-0.2, -0.15) is 0 Å². The number of rotatable bonds is 2. The third-order valence-electron chi connectivity index (χ3n) is 4.38. The molecule has 2 fully saturated rings. The van der Waals surface area contributed by atoms with Crippen LogP contribution in [0.3, 0.4) is 0 Å². The van der Waals surface area contributed by atoms with Crippen LogP contribution >= 0.6 is 0 Å². The molecular formula is C15H23N3O. The summed E-state index contributed by atoms with van der Waals surface area (Å²) in [6, 6.07) is 6.65. The van der Waals surface area contributed by atoms with E-state index in [-0.39, 0.29) is 0 Å². The minimum atomic E-state index is 0.702. The number of ether oxygens (including phenoxy) is 1. The molecule has 104 valence electrons. The van der Waals surface area contributed by atoms with Crippen molar-refractivity contribution in [3.8, 4) is 5.75 Å². The molecule has 0 amide bonds. The van der Waals surface area contributed by atoms with Crippen molar-refractivity contribution in [2.24, 2.45) is 0 Å². The van der Waals surface area contributed by atoms with Crippen LogP contribution < -0.4 is 15.4 Å². The molecule has 2 saturated heterocycles. The van der Waals surface area contributed by atoms with Gasteiger partial charge in [0.15, 0.2) is 0 Å². The molecule has 1 atom stereocenters. The van der Waals surface area contributed by atoms with Crippen molar-refractivity contribution in [2.75, 3.05) is 43.9 Å². The van der Waals surface area contributed by atoms with Gasteiger partial charge in [-0.15, -0.1) is 0 Å². The molecule has 4 nitrogen and oxygen atoms in total. The molecule has 0 spiro atoms. The normalized spacial score (nSPS) is 24.1. The topological polar surface area (TPSA) is 41.7 Å². The maximum atomic E-state index is 6.15. The maximum absolute atomic E-state index is 6.15. The largest absolute Gasteiger partial charge is 0.497 e. The molecular weight excluding hydrogens is 238 g/mol. The van der Waals surface area contributed by atoms with Gasteiger partial charge in [0.25, 0.3) is 0 Å². The molecule has 0 radical (unpaired) electrons. The van der Waals surface area contributed by atoms with Crippen LogP contribution in [-0.2, 0) is 0 Å². The quantitative estimate of drug-likeness (QED) is 0.826. The molecule has 2 aliphatic heterocycles. The van der Waals surface area contributed by atoms with E-state index in [1.54, 1.807) is 7.11 Å². The Labute approximate surface area is 115 Å². The van der Waals surface area contributed by atoms with Gasteiger partial charge < -0.3 is 15.4 Å². The van der Waals surface area contributed by atoms with E-state index in [1.165, 1.54) is 32.4 Å². The van der Waals surface area contributed by atoms with E-state index in [0.717, 1.165) is 30.2 Å². The summed E-state index contributed by atoms with van der Waals surface area (Å²) in [5.74, 6) is 0.886. The Kier molecular flexibility index (Phi) is 3.51. The first-order valence-electron chi connectivity index (χ1n) is 7.20. The number of anilines is 2. The van der Waals surface area contributed by atoms with E-state index in [2.05, 4.69) is 15.9 Å². The van der Waals surface area contributed by atoms with Crippen LogP contribution in [0.5, 0.6) is 5.75 Å². The lowest BCUT2D eigenvalue weighted by molar-refractivity contribution is 0.273. The van der Waals surface area contributed by atoms with Crippen LogP contribution in [-0.4, -0.2) is 44.2 Å². The maximum Gasteiger partial charge on any atom is 0.121 e. The minimum absolute atomic E-state index is 0.702. The number of nitrogens with zero attached hydrogens (tertiary/aromatic N) is 2. The second-order valence-corrected chi connectivity index (χ2v) is 5.56. The van der Waals surface area contributed by atoms with E-state index in [9.17, 15) is 0 Å². The Morgan fingerprint density at radius 3 is 2.89 bits per heavy atom. The molecule has 1 unspecified atom stereocenters. The number of fused-ring (bicyclic) bond motifs is 1. The molecule has 0 bridgehead atoms. The van der Waals surface area contributed by atoms with Crippen LogP contribution in [0.2, 0.25) is 0 Å². The van der Waals surface area contributed by atoms with E-state index in [1.807, 2.05) is 12.1 Å². The lowest BCUT2D eigenvalue weighted by Crippen LogP contribution is -2.36. The highest BCUT2D eigenvalue weighted by molar-refractivity contribution is 5.69. The van der Waals surface area contributed by atoms with Crippen molar-refractivity contribution in [1.29, 1.82) is 0 Å². The standard InChI is InChI=1S/C15H23N3O/c1-19-13-5-6-14(16)15(10-13)18-9-3-8-17-7-2-4-12(17)11-18/h5-6,10,12H,2-4,7-9,11,16H2,1H3. The highest BCUT2D eigenvalue weighted by atomic mass is 16.5. The third-order valence-corrected chi connectivity index (χ3v) is 4.38. The Morgan fingerprint density at radius 1 is 1.21 bits per heavy atom. The zero-order valence-corrected chi connectivity index (χ0v) is 11.6. The summed E-state index contributed by atoms with van der Waals surface area (Å²) < 4.78 is 5.33. The van der Waals surface area contributed by atoms with Crippen molar-refractivity contribution in [3.63, 3.8) is 0 Å². The zero-order valence-electron chi connectivity index (χ0n) is 11.6. The monoisotopic (exact) mass is 261 g/mol. The second-order valence-electron chi connectivity index (χ2n) is 5.56. The van der Waals surface area contributed by atoms with Crippen LogP contribution in [0, 0.1) is 0 Å². The van der Waals surface area contributed by atoms with E-state index < -0.39 is 0 Å². The molecule has 0 aromatic heterocycles. The molecule has 0 saturated carbocycles. The Balaban J connectivity index is 1.84. The molecule has 2 aliphatic rings. The molecule has 1 aromatic rings. The number of hydrogen-bond acceptors (Lipinski definition) is 4. The summed E-state index contributed by atoms with van der Waals surface area (Å²) >= 11 is 0. The number of nitrogen functional groups attached to an aromatic ring is 1. The van der Waals surface area contributed by atoms with Crippen molar-refractivity contribution in [2.45, 2.75) is 25.3 Å². The van der Waals surface area contributed by atoms with Crippen molar-refractivity contribution < 1.29 is 4.74 Å². The molecule has 2 N–H and O–H groups in total. The Hall–Kier alpha value is -1.42. The van der Waals surface area contributed by atoms with Crippen molar-refractivity contribution in [3.05, 3.63) is 18.2 Å². The fourth-order valence-electron chi connectivity index (χ4n) is 3.35. The van der Waals surface area contributed by atoms with Gasteiger partial charge in [-0.1, -0.05) is 0 Å². The summed E-state index contributed by atoms with van der Waals surface area (Å²) in [6.07, 6.45) is 3.87. The second kappa shape index (κ2) is 5.29. The minimum Gasteiger partial charge on any atom is -0.497 e. The van der Waals surface area contributed by atoms with Gasteiger partial charge in [-0.05, 0) is 37.9 Å². The first-order valence-corrected chi connectivity index (χ1v) is 7.20. The number of hydrogen-bond donors (Lipinski definition) is 1. The summed E-state index contributed by atoms with van der Waals surface area (Å²) in [4.78, 5) is 5.07. The summed E-state index contributed by atoms with van der Waals surface area (Å²) in [7, 11) is 1.70. The van der Waals surface area contributed by atoms with Crippen LogP contribution in [0.1, 0.15) is 19.3 Å². The molecule has 19 heavy (non-hydrogen) atoms. The van der Waals surface area contributed by atoms with Crippen molar-refractivity contribution in [1.82, 2.24) is 4.90 Å². The predicted octanol–water partition coefficient (Wildman–Crippen LogP) is 1.95. The van der Waals surface area contributed by atoms with E-state index in [0.29, 0.717) is 6.04 Å². The van der Waals surface area contributed by atoms with Gasteiger partial charge in [0.1, 0.15) is 5.75 Å². The van der Waals surface area contributed by atoms with Crippen molar-refractivity contribution >= 4 is 11.4 Å².